The van der Waals surface area contributed by atoms with E-state index < -0.39 is 0 Å². The van der Waals surface area contributed by atoms with Crippen LogP contribution >= 0.6 is 11.8 Å². The van der Waals surface area contributed by atoms with E-state index in [0.29, 0.717) is 12.6 Å². The van der Waals surface area contributed by atoms with Crippen molar-refractivity contribution in [3.8, 4) is 0 Å². The Kier molecular flexibility index (Phi) is 7.44. The number of carbonyl (C=O) groups is 2. The fourth-order valence-corrected chi connectivity index (χ4v) is 4.76. The molecule has 1 aromatic carbocycles. The van der Waals surface area contributed by atoms with Gasteiger partial charge in [0.15, 0.2) is 0 Å². The van der Waals surface area contributed by atoms with Crippen LogP contribution in [-0.2, 0) is 9.59 Å². The van der Waals surface area contributed by atoms with Gasteiger partial charge in [0.2, 0.25) is 11.8 Å². The standard InChI is InChI=1S/C21H31N3O2S/c1-2-14-27-15-6-12-22-20(25)10-11-21(26)24-16-17-7-5-13-23(17)18-8-3-4-9-19(18)24/h3-4,8-9,17H,2,5-7,10-16H2,1H3,(H,22,25). The average Bonchev–Trinajstić information content (AvgIpc) is 3.17. The maximum atomic E-state index is 12.8. The van der Waals surface area contributed by atoms with Gasteiger partial charge < -0.3 is 15.1 Å². The molecule has 1 fully saturated rings. The van der Waals surface area contributed by atoms with Crippen molar-refractivity contribution in [1.82, 2.24) is 5.32 Å². The van der Waals surface area contributed by atoms with Crippen molar-refractivity contribution in [2.45, 2.75) is 51.5 Å². The van der Waals surface area contributed by atoms with Crippen LogP contribution in [0.4, 0.5) is 11.4 Å². The molecule has 0 bridgehead atoms. The third-order valence-electron chi connectivity index (χ3n) is 5.26. The van der Waals surface area contributed by atoms with Crippen molar-refractivity contribution in [3.05, 3.63) is 24.3 Å². The number of benzene rings is 1. The number of amides is 2. The number of para-hydroxylation sites is 2. The Bertz CT molecular complexity index is 652. The van der Waals surface area contributed by atoms with Gasteiger partial charge in [-0.3, -0.25) is 9.59 Å². The molecule has 6 heteroatoms. The fraction of sp³-hybridized carbons (Fsp3) is 0.619. The van der Waals surface area contributed by atoms with E-state index >= 15 is 0 Å². The van der Waals surface area contributed by atoms with Crippen LogP contribution in [0.1, 0.15) is 45.4 Å². The predicted octanol–water partition coefficient (Wildman–Crippen LogP) is 3.43. The van der Waals surface area contributed by atoms with E-state index in [4.69, 9.17) is 0 Å². The highest BCUT2D eigenvalue weighted by molar-refractivity contribution is 7.99. The first-order valence-corrected chi connectivity index (χ1v) is 11.4. The molecule has 3 rings (SSSR count). The molecule has 2 heterocycles. The zero-order valence-corrected chi connectivity index (χ0v) is 17.1. The number of thioether (sulfide) groups is 1. The highest BCUT2D eigenvalue weighted by Crippen LogP contribution is 2.39. The summed E-state index contributed by atoms with van der Waals surface area (Å²) < 4.78 is 0. The number of rotatable bonds is 9. The summed E-state index contributed by atoms with van der Waals surface area (Å²) >= 11 is 1.93. The molecule has 1 N–H and O–H groups in total. The fourth-order valence-electron chi connectivity index (χ4n) is 3.92. The lowest BCUT2D eigenvalue weighted by Gasteiger charge is -2.40. The summed E-state index contributed by atoms with van der Waals surface area (Å²) in [5.74, 6) is 2.30. The second-order valence-corrected chi connectivity index (χ2v) is 8.52. The highest BCUT2D eigenvalue weighted by Gasteiger charge is 2.35. The van der Waals surface area contributed by atoms with Gasteiger partial charge in [0.25, 0.3) is 0 Å². The van der Waals surface area contributed by atoms with Crippen molar-refractivity contribution >= 4 is 35.0 Å². The Labute approximate surface area is 166 Å². The maximum Gasteiger partial charge on any atom is 0.227 e. The van der Waals surface area contributed by atoms with Crippen LogP contribution in [-0.4, -0.2) is 49.0 Å². The van der Waals surface area contributed by atoms with Crippen molar-refractivity contribution in [3.63, 3.8) is 0 Å². The van der Waals surface area contributed by atoms with E-state index in [1.807, 2.05) is 34.9 Å². The lowest BCUT2D eigenvalue weighted by Crippen LogP contribution is -2.48. The molecule has 1 atom stereocenters. The normalized spacial score (nSPS) is 18.2. The van der Waals surface area contributed by atoms with Gasteiger partial charge in [-0.25, -0.2) is 0 Å². The summed E-state index contributed by atoms with van der Waals surface area (Å²) in [4.78, 5) is 29.2. The lowest BCUT2D eigenvalue weighted by molar-refractivity contribution is -0.125. The summed E-state index contributed by atoms with van der Waals surface area (Å²) in [5.41, 5.74) is 2.16. The van der Waals surface area contributed by atoms with Crippen molar-refractivity contribution in [2.24, 2.45) is 0 Å². The van der Waals surface area contributed by atoms with Crippen molar-refractivity contribution < 1.29 is 9.59 Å². The first kappa shape index (κ1) is 20.1. The zero-order valence-electron chi connectivity index (χ0n) is 16.3. The number of fused-ring (bicyclic) bond motifs is 3. The zero-order chi connectivity index (χ0) is 19.1. The molecular weight excluding hydrogens is 358 g/mol. The largest absolute Gasteiger partial charge is 0.365 e. The van der Waals surface area contributed by atoms with Gasteiger partial charge >= 0.3 is 0 Å². The molecule has 0 aliphatic carbocycles. The summed E-state index contributed by atoms with van der Waals surface area (Å²) in [6.45, 7) is 4.69. The Balaban J connectivity index is 1.47. The monoisotopic (exact) mass is 389 g/mol. The van der Waals surface area contributed by atoms with Crippen LogP contribution in [0.2, 0.25) is 0 Å². The Morgan fingerprint density at radius 1 is 1.19 bits per heavy atom. The molecule has 0 saturated carbocycles. The highest BCUT2D eigenvalue weighted by atomic mass is 32.2. The number of carbonyl (C=O) groups excluding carboxylic acids is 2. The summed E-state index contributed by atoms with van der Waals surface area (Å²) in [6, 6.07) is 8.57. The van der Waals surface area contributed by atoms with E-state index in [2.05, 4.69) is 23.2 Å². The quantitative estimate of drug-likeness (QED) is 0.658. The van der Waals surface area contributed by atoms with Gasteiger partial charge in [0.05, 0.1) is 11.4 Å². The van der Waals surface area contributed by atoms with Gasteiger partial charge in [-0.2, -0.15) is 11.8 Å². The number of hydrogen-bond acceptors (Lipinski definition) is 4. The van der Waals surface area contributed by atoms with E-state index in [-0.39, 0.29) is 24.7 Å². The summed E-state index contributed by atoms with van der Waals surface area (Å²) in [7, 11) is 0. The third kappa shape index (κ3) is 5.18. The third-order valence-corrected chi connectivity index (χ3v) is 6.53. The van der Waals surface area contributed by atoms with Crippen LogP contribution in [0.5, 0.6) is 0 Å². The molecule has 1 unspecified atom stereocenters. The number of hydrogen-bond donors (Lipinski definition) is 1. The van der Waals surface area contributed by atoms with Gasteiger partial charge in [0, 0.05) is 38.5 Å². The van der Waals surface area contributed by atoms with Crippen LogP contribution in [0.15, 0.2) is 24.3 Å². The van der Waals surface area contributed by atoms with Crippen molar-refractivity contribution in [1.29, 1.82) is 0 Å². The van der Waals surface area contributed by atoms with E-state index in [9.17, 15) is 9.59 Å². The lowest BCUT2D eigenvalue weighted by atomic mass is 10.1. The number of nitrogens with zero attached hydrogens (tertiary/aromatic N) is 2. The number of nitrogens with one attached hydrogen (secondary N) is 1. The van der Waals surface area contributed by atoms with Crippen LogP contribution in [0, 0.1) is 0 Å². The van der Waals surface area contributed by atoms with Gasteiger partial charge in [-0.1, -0.05) is 19.1 Å². The smallest absolute Gasteiger partial charge is 0.227 e. The van der Waals surface area contributed by atoms with Crippen LogP contribution in [0.25, 0.3) is 0 Å². The number of anilines is 2. The Morgan fingerprint density at radius 3 is 2.81 bits per heavy atom. The van der Waals surface area contributed by atoms with Crippen LogP contribution < -0.4 is 15.1 Å². The molecule has 2 aliphatic heterocycles. The minimum Gasteiger partial charge on any atom is -0.365 e. The molecule has 27 heavy (non-hydrogen) atoms. The SMILES string of the molecule is CCCSCCCNC(=O)CCC(=O)N1CC2CCCN2c2ccccc21. The minimum atomic E-state index is -0.0170. The van der Waals surface area contributed by atoms with E-state index in [0.717, 1.165) is 43.1 Å². The molecule has 0 radical (unpaired) electrons. The predicted molar refractivity (Wildman–Crippen MR) is 114 cm³/mol. The topological polar surface area (TPSA) is 52.7 Å². The van der Waals surface area contributed by atoms with Crippen LogP contribution in [0.3, 0.4) is 0 Å². The molecule has 1 aromatic rings. The average molecular weight is 390 g/mol. The maximum absolute atomic E-state index is 12.8. The molecule has 2 amide bonds. The van der Waals surface area contributed by atoms with E-state index in [1.54, 1.807) is 0 Å². The summed E-state index contributed by atoms with van der Waals surface area (Å²) in [5, 5.41) is 2.94. The second kappa shape index (κ2) is 10.0. The summed E-state index contributed by atoms with van der Waals surface area (Å²) in [6.07, 6.45) is 5.04. The molecule has 5 nitrogen and oxygen atoms in total. The van der Waals surface area contributed by atoms with Gasteiger partial charge in [-0.05, 0) is 49.3 Å². The molecule has 2 aliphatic rings. The minimum absolute atomic E-state index is 0.0170. The van der Waals surface area contributed by atoms with Gasteiger partial charge in [0.1, 0.15) is 0 Å². The molecule has 148 valence electrons. The van der Waals surface area contributed by atoms with Gasteiger partial charge in [-0.15, -0.1) is 0 Å². The first-order chi connectivity index (χ1) is 13.2. The molecule has 0 spiro atoms. The molecular formula is C21H31N3O2S. The first-order valence-electron chi connectivity index (χ1n) is 10.2. The Hall–Kier alpha value is -1.69. The van der Waals surface area contributed by atoms with Crippen molar-refractivity contribution in [2.75, 3.05) is 40.9 Å². The molecule has 1 saturated heterocycles. The Morgan fingerprint density at radius 2 is 2.00 bits per heavy atom. The van der Waals surface area contributed by atoms with E-state index in [1.165, 1.54) is 18.6 Å². The molecule has 0 aromatic heterocycles. The second-order valence-electron chi connectivity index (χ2n) is 7.30.